The second kappa shape index (κ2) is 6.00. The third kappa shape index (κ3) is 2.92. The summed E-state index contributed by atoms with van der Waals surface area (Å²) in [6, 6.07) is 5.88. The number of hydrogen-bond donors (Lipinski definition) is 2. The van der Waals surface area contributed by atoms with Gasteiger partial charge in [0.2, 0.25) is 5.91 Å². The monoisotopic (exact) mass is 331 g/mol. The molecule has 3 aliphatic rings. The molecule has 1 heterocycles. The van der Waals surface area contributed by atoms with E-state index in [2.05, 4.69) is 5.32 Å². The summed E-state index contributed by atoms with van der Waals surface area (Å²) in [5.41, 5.74) is 1.11. The first kappa shape index (κ1) is 15.3. The Kier molecular flexibility index (Phi) is 3.82. The van der Waals surface area contributed by atoms with Crippen molar-refractivity contribution in [2.45, 2.75) is 37.6 Å². The van der Waals surface area contributed by atoms with Gasteiger partial charge in [-0.15, -0.1) is 0 Å². The number of carboxylic acid groups (broad SMARTS) is 1. The number of fused-ring (bicyclic) bond motifs is 1. The van der Waals surface area contributed by atoms with E-state index in [0.717, 1.165) is 29.9 Å². The van der Waals surface area contributed by atoms with Crippen LogP contribution in [0.5, 0.6) is 11.5 Å². The van der Waals surface area contributed by atoms with Crippen LogP contribution in [0.1, 0.15) is 37.2 Å². The average Bonchev–Trinajstić information content (AvgIpc) is 3.26. The van der Waals surface area contributed by atoms with Crippen molar-refractivity contribution >= 4 is 11.9 Å². The topological polar surface area (TPSA) is 84.9 Å². The number of ether oxygens (including phenoxy) is 2. The zero-order valence-electron chi connectivity index (χ0n) is 13.4. The lowest BCUT2D eigenvalue weighted by Gasteiger charge is -2.19. The lowest BCUT2D eigenvalue weighted by molar-refractivity contribution is -0.141. The maximum Gasteiger partial charge on any atom is 0.306 e. The van der Waals surface area contributed by atoms with Gasteiger partial charge in [0.05, 0.1) is 5.92 Å². The number of rotatable bonds is 4. The second-order valence-electron chi connectivity index (χ2n) is 6.91. The minimum absolute atomic E-state index is 0.000108. The highest BCUT2D eigenvalue weighted by Crippen LogP contribution is 2.49. The van der Waals surface area contributed by atoms with Crippen molar-refractivity contribution in [1.29, 1.82) is 0 Å². The highest BCUT2D eigenvalue weighted by Gasteiger charge is 2.45. The highest BCUT2D eigenvalue weighted by molar-refractivity contribution is 5.83. The Bertz CT molecular complexity index is 673. The number of carbonyl (C=O) groups is 2. The number of benzene rings is 1. The molecule has 2 aliphatic carbocycles. The van der Waals surface area contributed by atoms with E-state index in [1.807, 2.05) is 18.2 Å². The lowest BCUT2D eigenvalue weighted by atomic mass is 10.1. The molecule has 0 radical (unpaired) electrons. The summed E-state index contributed by atoms with van der Waals surface area (Å²) < 4.78 is 11.1. The number of carboxylic acids is 1. The summed E-state index contributed by atoms with van der Waals surface area (Å²) in [4.78, 5) is 23.4. The molecule has 6 heteroatoms. The largest absolute Gasteiger partial charge is 0.486 e. The van der Waals surface area contributed by atoms with Gasteiger partial charge in [-0.25, -0.2) is 0 Å². The maximum absolute atomic E-state index is 12.4. The fraction of sp³-hybridized carbons (Fsp3) is 0.556. The lowest BCUT2D eigenvalue weighted by Crippen LogP contribution is -2.34. The molecule has 4 rings (SSSR count). The van der Waals surface area contributed by atoms with Crippen LogP contribution in [0.15, 0.2) is 18.2 Å². The molecule has 0 bridgehead atoms. The van der Waals surface area contributed by atoms with Crippen LogP contribution in [-0.2, 0) is 9.59 Å². The Morgan fingerprint density at radius 3 is 2.62 bits per heavy atom. The minimum atomic E-state index is -0.757. The normalized spacial score (nSPS) is 30.7. The Balaban J connectivity index is 1.34. The predicted octanol–water partition coefficient (Wildman–Crippen LogP) is 1.93. The third-order valence-electron chi connectivity index (χ3n) is 5.25. The van der Waals surface area contributed by atoms with Crippen LogP contribution in [-0.4, -0.2) is 36.2 Å². The van der Waals surface area contributed by atoms with E-state index in [4.69, 9.17) is 14.6 Å². The Hall–Kier alpha value is -2.24. The first-order valence-corrected chi connectivity index (χ1v) is 8.54. The first-order chi connectivity index (χ1) is 11.6. The standard InChI is InChI=1S/C18H21NO5/c20-17(19-12-3-1-11(7-12)18(21)22)14-9-13(14)10-2-4-15-16(8-10)24-6-5-23-15/h2,4,8,11-14H,1,3,5-7,9H2,(H,19,20)(H,21,22)/t11-,12+,13?,14?/m0/s1. The van der Waals surface area contributed by atoms with E-state index in [9.17, 15) is 9.59 Å². The number of hydrogen-bond acceptors (Lipinski definition) is 4. The fourth-order valence-corrected chi connectivity index (χ4v) is 3.79. The van der Waals surface area contributed by atoms with Crippen LogP contribution in [0, 0.1) is 11.8 Å². The van der Waals surface area contributed by atoms with Gasteiger partial charge in [-0.1, -0.05) is 6.07 Å². The summed E-state index contributed by atoms with van der Waals surface area (Å²) in [5.74, 6) is 0.692. The van der Waals surface area contributed by atoms with Crippen LogP contribution >= 0.6 is 0 Å². The van der Waals surface area contributed by atoms with Crippen molar-refractivity contribution in [1.82, 2.24) is 5.32 Å². The summed E-state index contributed by atoms with van der Waals surface area (Å²) >= 11 is 0. The van der Waals surface area contributed by atoms with Gasteiger partial charge in [-0.05, 0) is 49.3 Å². The third-order valence-corrected chi connectivity index (χ3v) is 5.25. The van der Waals surface area contributed by atoms with Crippen molar-refractivity contribution in [3.05, 3.63) is 23.8 Å². The van der Waals surface area contributed by atoms with Crippen LogP contribution in [0.3, 0.4) is 0 Å². The number of amides is 1. The Labute approximate surface area is 140 Å². The van der Waals surface area contributed by atoms with Crippen molar-refractivity contribution < 1.29 is 24.2 Å². The van der Waals surface area contributed by atoms with Gasteiger partial charge in [-0.3, -0.25) is 9.59 Å². The van der Waals surface area contributed by atoms with Gasteiger partial charge < -0.3 is 19.9 Å². The van der Waals surface area contributed by atoms with Crippen molar-refractivity contribution in [3.63, 3.8) is 0 Å². The van der Waals surface area contributed by atoms with Crippen molar-refractivity contribution in [2.24, 2.45) is 11.8 Å². The summed E-state index contributed by atoms with van der Waals surface area (Å²) in [5, 5.41) is 12.1. The van der Waals surface area contributed by atoms with Gasteiger partial charge >= 0.3 is 5.97 Å². The molecule has 1 aromatic carbocycles. The molecule has 24 heavy (non-hydrogen) atoms. The summed E-state index contributed by atoms with van der Waals surface area (Å²) in [6.07, 6.45) is 2.78. The quantitative estimate of drug-likeness (QED) is 0.881. The van der Waals surface area contributed by atoms with Crippen LogP contribution in [0.2, 0.25) is 0 Å². The predicted molar refractivity (Wildman–Crippen MR) is 85.2 cm³/mol. The zero-order chi connectivity index (χ0) is 16.7. The molecule has 0 aromatic heterocycles. The molecule has 1 aromatic rings. The maximum atomic E-state index is 12.4. The molecular weight excluding hydrogens is 310 g/mol. The van der Waals surface area contributed by atoms with Gasteiger partial charge in [-0.2, -0.15) is 0 Å². The van der Waals surface area contributed by atoms with Gasteiger partial charge in [0.1, 0.15) is 13.2 Å². The van der Waals surface area contributed by atoms with E-state index in [-0.39, 0.29) is 29.7 Å². The van der Waals surface area contributed by atoms with E-state index in [0.29, 0.717) is 26.1 Å². The number of aliphatic carboxylic acids is 1. The Morgan fingerprint density at radius 1 is 1.08 bits per heavy atom. The molecule has 2 N–H and O–H groups in total. The number of nitrogens with one attached hydrogen (secondary N) is 1. The summed E-state index contributed by atoms with van der Waals surface area (Å²) in [7, 11) is 0. The molecule has 2 fully saturated rings. The van der Waals surface area contributed by atoms with E-state index >= 15 is 0 Å². The molecule has 1 aliphatic heterocycles. The molecule has 128 valence electrons. The molecule has 2 saturated carbocycles. The molecule has 4 atom stereocenters. The van der Waals surface area contributed by atoms with E-state index < -0.39 is 5.97 Å². The van der Waals surface area contributed by atoms with Crippen LogP contribution in [0.25, 0.3) is 0 Å². The molecule has 0 saturated heterocycles. The molecule has 0 spiro atoms. The van der Waals surface area contributed by atoms with Crippen molar-refractivity contribution in [2.75, 3.05) is 13.2 Å². The van der Waals surface area contributed by atoms with E-state index in [1.54, 1.807) is 0 Å². The second-order valence-corrected chi connectivity index (χ2v) is 6.91. The smallest absolute Gasteiger partial charge is 0.306 e. The minimum Gasteiger partial charge on any atom is -0.486 e. The highest BCUT2D eigenvalue weighted by atomic mass is 16.6. The van der Waals surface area contributed by atoms with Gasteiger partial charge in [0.15, 0.2) is 11.5 Å². The molecule has 2 unspecified atom stereocenters. The van der Waals surface area contributed by atoms with Gasteiger partial charge in [0, 0.05) is 12.0 Å². The molecule has 6 nitrogen and oxygen atoms in total. The fourth-order valence-electron chi connectivity index (χ4n) is 3.79. The first-order valence-electron chi connectivity index (χ1n) is 8.54. The zero-order valence-corrected chi connectivity index (χ0v) is 13.4. The average molecular weight is 331 g/mol. The van der Waals surface area contributed by atoms with Crippen LogP contribution < -0.4 is 14.8 Å². The number of carbonyl (C=O) groups excluding carboxylic acids is 1. The SMILES string of the molecule is O=C(N[C@@H]1CC[C@H](C(=O)O)C1)C1CC1c1ccc2c(c1)OCCO2. The molecule has 1 amide bonds. The van der Waals surface area contributed by atoms with E-state index in [1.165, 1.54) is 0 Å². The molecular formula is C18H21NO5. The van der Waals surface area contributed by atoms with Gasteiger partial charge in [0.25, 0.3) is 0 Å². The summed E-state index contributed by atoms with van der Waals surface area (Å²) in [6.45, 7) is 1.12. The Morgan fingerprint density at radius 2 is 1.88 bits per heavy atom. The van der Waals surface area contributed by atoms with Crippen molar-refractivity contribution in [3.8, 4) is 11.5 Å². The van der Waals surface area contributed by atoms with Crippen LogP contribution in [0.4, 0.5) is 0 Å².